The fraction of sp³-hybridized carbons (Fsp3) is 0.455. The van der Waals surface area contributed by atoms with Crippen LogP contribution in [0.5, 0.6) is 5.75 Å². The van der Waals surface area contributed by atoms with Crippen molar-refractivity contribution < 1.29 is 9.47 Å². The number of pyridine rings is 2. The smallest absolute Gasteiger partial charge is 0.140 e. The van der Waals surface area contributed by atoms with Crippen LogP contribution >= 0.6 is 0 Å². The number of anilines is 1. The minimum absolute atomic E-state index is 0.144. The van der Waals surface area contributed by atoms with Gasteiger partial charge in [-0.25, -0.2) is 9.97 Å². The fourth-order valence-electron chi connectivity index (χ4n) is 4.17. The summed E-state index contributed by atoms with van der Waals surface area (Å²) >= 11 is 0. The van der Waals surface area contributed by atoms with Gasteiger partial charge in [-0.1, -0.05) is 13.0 Å². The second-order valence-electron chi connectivity index (χ2n) is 8.28. The van der Waals surface area contributed by atoms with Crippen molar-refractivity contribution in [2.45, 2.75) is 37.3 Å². The van der Waals surface area contributed by atoms with Gasteiger partial charge in [0.2, 0.25) is 0 Å². The van der Waals surface area contributed by atoms with Gasteiger partial charge in [0.15, 0.2) is 0 Å². The maximum absolute atomic E-state index is 5.65. The molecule has 7 nitrogen and oxygen atoms in total. The van der Waals surface area contributed by atoms with Gasteiger partial charge in [-0.3, -0.25) is 4.40 Å². The first-order valence-corrected chi connectivity index (χ1v) is 10.1. The van der Waals surface area contributed by atoms with Gasteiger partial charge in [0.25, 0.3) is 0 Å². The summed E-state index contributed by atoms with van der Waals surface area (Å²) in [5, 5.41) is 6.86. The maximum Gasteiger partial charge on any atom is 0.140 e. The third kappa shape index (κ3) is 3.24. The SMILES string of the molecule is COc1cc2ncc(-c3cccc(N[C@H]4CNC[C@@H]4OC)n3)n2cc1C1(C)CC1. The summed E-state index contributed by atoms with van der Waals surface area (Å²) in [6.45, 7) is 4.00. The molecule has 3 aromatic rings. The minimum Gasteiger partial charge on any atom is -0.496 e. The number of rotatable bonds is 6. The quantitative estimate of drug-likeness (QED) is 0.671. The van der Waals surface area contributed by atoms with Crippen molar-refractivity contribution in [3.05, 3.63) is 42.2 Å². The molecule has 0 bridgehead atoms. The van der Waals surface area contributed by atoms with Gasteiger partial charge >= 0.3 is 0 Å². The molecule has 7 heteroatoms. The van der Waals surface area contributed by atoms with E-state index in [0.29, 0.717) is 0 Å². The molecular formula is C22H27N5O2. The molecule has 1 saturated carbocycles. The van der Waals surface area contributed by atoms with Gasteiger partial charge in [0, 0.05) is 38.0 Å². The zero-order chi connectivity index (χ0) is 20.0. The lowest BCUT2D eigenvalue weighted by atomic mass is 9.99. The first-order valence-electron chi connectivity index (χ1n) is 10.1. The van der Waals surface area contributed by atoms with E-state index in [4.69, 9.17) is 14.5 Å². The van der Waals surface area contributed by atoms with Crippen molar-refractivity contribution in [1.82, 2.24) is 19.7 Å². The highest BCUT2D eigenvalue weighted by Gasteiger charge is 2.41. The summed E-state index contributed by atoms with van der Waals surface area (Å²) in [4.78, 5) is 9.46. The molecule has 0 spiro atoms. The first kappa shape index (κ1) is 18.4. The lowest BCUT2D eigenvalue weighted by Crippen LogP contribution is -2.33. The topological polar surface area (TPSA) is 72.7 Å². The predicted molar refractivity (Wildman–Crippen MR) is 113 cm³/mol. The Bertz CT molecular complexity index is 1040. The minimum atomic E-state index is 0.144. The van der Waals surface area contributed by atoms with Gasteiger partial charge in [-0.2, -0.15) is 0 Å². The summed E-state index contributed by atoms with van der Waals surface area (Å²) < 4.78 is 13.3. The molecule has 5 rings (SSSR count). The Morgan fingerprint density at radius 2 is 2.10 bits per heavy atom. The Morgan fingerprint density at radius 3 is 2.86 bits per heavy atom. The van der Waals surface area contributed by atoms with Crippen LogP contribution in [0.15, 0.2) is 36.7 Å². The Morgan fingerprint density at radius 1 is 1.24 bits per heavy atom. The lowest BCUT2D eigenvalue weighted by molar-refractivity contribution is 0.111. The van der Waals surface area contributed by atoms with Crippen molar-refractivity contribution in [2.24, 2.45) is 0 Å². The third-order valence-electron chi connectivity index (χ3n) is 6.29. The number of aromatic nitrogens is 3. The third-order valence-corrected chi connectivity index (χ3v) is 6.29. The largest absolute Gasteiger partial charge is 0.496 e. The Kier molecular flexibility index (Phi) is 4.44. The normalized spacial score (nSPS) is 22.7. The van der Waals surface area contributed by atoms with Crippen LogP contribution in [-0.4, -0.2) is 53.8 Å². The summed E-state index contributed by atoms with van der Waals surface area (Å²) in [6, 6.07) is 8.28. The molecule has 3 aromatic heterocycles. The Balaban J connectivity index is 1.51. The molecule has 1 saturated heterocycles. The second-order valence-corrected chi connectivity index (χ2v) is 8.28. The summed E-state index contributed by atoms with van der Waals surface area (Å²) in [7, 11) is 3.48. The molecule has 2 aliphatic rings. The summed E-state index contributed by atoms with van der Waals surface area (Å²) in [5.41, 5.74) is 4.16. The molecule has 0 aromatic carbocycles. The van der Waals surface area contributed by atoms with Crippen LogP contribution in [0.4, 0.5) is 5.82 Å². The van der Waals surface area contributed by atoms with Crippen molar-refractivity contribution >= 4 is 11.5 Å². The van der Waals surface area contributed by atoms with Crippen LogP contribution in [0, 0.1) is 0 Å². The molecule has 4 heterocycles. The Labute approximate surface area is 170 Å². The summed E-state index contributed by atoms with van der Waals surface area (Å²) in [5.74, 6) is 1.76. The van der Waals surface area contributed by atoms with Crippen molar-refractivity contribution in [2.75, 3.05) is 32.6 Å². The number of ether oxygens (including phenoxy) is 2. The number of methoxy groups -OCH3 is 2. The molecule has 1 aliphatic carbocycles. The highest BCUT2D eigenvalue weighted by Crippen LogP contribution is 2.51. The van der Waals surface area contributed by atoms with E-state index in [0.717, 1.165) is 41.7 Å². The Hall–Kier alpha value is -2.64. The van der Waals surface area contributed by atoms with Gasteiger partial charge in [-0.05, 0) is 30.4 Å². The van der Waals surface area contributed by atoms with Gasteiger partial charge in [0.1, 0.15) is 17.2 Å². The van der Waals surface area contributed by atoms with Crippen LogP contribution in [-0.2, 0) is 10.2 Å². The number of nitrogens with zero attached hydrogens (tertiary/aromatic N) is 3. The van der Waals surface area contributed by atoms with Crippen molar-refractivity contribution in [3.63, 3.8) is 0 Å². The van der Waals surface area contributed by atoms with Gasteiger partial charge in [-0.15, -0.1) is 0 Å². The van der Waals surface area contributed by atoms with E-state index in [1.807, 2.05) is 30.5 Å². The highest BCUT2D eigenvalue weighted by molar-refractivity contribution is 5.64. The van der Waals surface area contributed by atoms with E-state index in [1.165, 1.54) is 18.4 Å². The van der Waals surface area contributed by atoms with Crippen LogP contribution in [0.25, 0.3) is 17.0 Å². The molecule has 152 valence electrons. The average Bonchev–Trinajstić information content (AvgIpc) is 3.15. The van der Waals surface area contributed by atoms with E-state index < -0.39 is 0 Å². The standard InChI is InChI=1S/C22H27N5O2/c1-22(7-8-22)14-13-27-17(11-24-21(27)9-18(14)28-2)15-5-4-6-20(25-15)26-16-10-23-12-19(16)29-3/h4-6,9,11,13,16,19,23H,7-8,10,12H2,1-3H3,(H,25,26)/t16-,19-/m0/s1. The lowest BCUT2D eigenvalue weighted by Gasteiger charge is -2.19. The highest BCUT2D eigenvalue weighted by atomic mass is 16.5. The fourth-order valence-corrected chi connectivity index (χ4v) is 4.17. The number of hydrogen-bond donors (Lipinski definition) is 2. The maximum atomic E-state index is 5.65. The van der Waals surface area contributed by atoms with Gasteiger partial charge in [0.05, 0.1) is 36.8 Å². The number of hydrogen-bond acceptors (Lipinski definition) is 6. The van der Waals surface area contributed by atoms with Crippen LogP contribution in [0.2, 0.25) is 0 Å². The average molecular weight is 393 g/mol. The molecule has 1 aliphatic heterocycles. The predicted octanol–water partition coefficient (Wildman–Crippen LogP) is 2.86. The molecule has 2 atom stereocenters. The molecular weight excluding hydrogens is 366 g/mol. The molecule has 0 amide bonds. The summed E-state index contributed by atoms with van der Waals surface area (Å²) in [6.07, 6.45) is 6.58. The second kappa shape index (κ2) is 7.00. The zero-order valence-corrected chi connectivity index (χ0v) is 17.1. The van der Waals surface area contributed by atoms with E-state index in [-0.39, 0.29) is 17.6 Å². The number of imidazole rings is 1. The molecule has 2 fully saturated rings. The monoisotopic (exact) mass is 393 g/mol. The van der Waals surface area contributed by atoms with E-state index in [2.05, 4.69) is 33.1 Å². The van der Waals surface area contributed by atoms with Crippen molar-refractivity contribution in [1.29, 1.82) is 0 Å². The van der Waals surface area contributed by atoms with E-state index in [9.17, 15) is 0 Å². The molecule has 29 heavy (non-hydrogen) atoms. The van der Waals surface area contributed by atoms with Crippen LogP contribution < -0.4 is 15.4 Å². The first-order chi connectivity index (χ1) is 14.1. The van der Waals surface area contributed by atoms with E-state index >= 15 is 0 Å². The van der Waals surface area contributed by atoms with Gasteiger partial charge < -0.3 is 20.1 Å². The van der Waals surface area contributed by atoms with E-state index in [1.54, 1.807) is 14.2 Å². The van der Waals surface area contributed by atoms with Crippen molar-refractivity contribution in [3.8, 4) is 17.1 Å². The number of nitrogens with one attached hydrogen (secondary N) is 2. The van der Waals surface area contributed by atoms with Crippen LogP contribution in [0.3, 0.4) is 0 Å². The number of fused-ring (bicyclic) bond motifs is 1. The molecule has 2 N–H and O–H groups in total. The zero-order valence-electron chi connectivity index (χ0n) is 17.1. The molecule has 0 unspecified atom stereocenters. The molecule has 0 radical (unpaired) electrons. The van der Waals surface area contributed by atoms with Crippen LogP contribution in [0.1, 0.15) is 25.3 Å².